The van der Waals surface area contributed by atoms with Gasteiger partial charge in [-0.15, -0.1) is 0 Å². The van der Waals surface area contributed by atoms with Gasteiger partial charge in [-0.25, -0.2) is 0 Å². The summed E-state index contributed by atoms with van der Waals surface area (Å²) in [6.45, 7) is 1.90. The van der Waals surface area contributed by atoms with Crippen molar-refractivity contribution < 1.29 is 5.11 Å². The van der Waals surface area contributed by atoms with Gasteiger partial charge in [0, 0.05) is 12.2 Å². The van der Waals surface area contributed by atoms with Gasteiger partial charge in [0.2, 0.25) is 0 Å². The molecule has 0 saturated heterocycles. The Morgan fingerprint density at radius 2 is 2.46 bits per heavy atom. The van der Waals surface area contributed by atoms with Gasteiger partial charge in [0.1, 0.15) is 6.07 Å². The molecule has 0 saturated carbocycles. The average Bonchev–Trinajstić information content (AvgIpc) is 2.18. The fourth-order valence-corrected chi connectivity index (χ4v) is 0.910. The van der Waals surface area contributed by atoms with E-state index in [1.165, 1.54) is 6.20 Å². The minimum Gasteiger partial charge on any atom is -0.394 e. The summed E-state index contributed by atoms with van der Waals surface area (Å²) in [4.78, 5) is 3.88. The molecule has 0 fully saturated rings. The second-order valence-corrected chi connectivity index (χ2v) is 2.80. The molecule has 0 bridgehead atoms. The predicted octanol–water partition coefficient (Wildman–Crippen LogP) is 0.746. The molecule has 1 atom stereocenters. The highest BCUT2D eigenvalue weighted by Crippen LogP contribution is 2.08. The van der Waals surface area contributed by atoms with Gasteiger partial charge in [-0.2, -0.15) is 5.26 Å². The van der Waals surface area contributed by atoms with Gasteiger partial charge in [0.25, 0.3) is 0 Å². The summed E-state index contributed by atoms with van der Waals surface area (Å²) in [7, 11) is 0. The topological polar surface area (TPSA) is 68.9 Å². The van der Waals surface area contributed by atoms with Crippen LogP contribution in [0.2, 0.25) is 0 Å². The molecule has 0 aliphatic heterocycles. The lowest BCUT2D eigenvalue weighted by Gasteiger charge is -2.11. The third-order valence-corrected chi connectivity index (χ3v) is 1.55. The van der Waals surface area contributed by atoms with E-state index in [0.29, 0.717) is 5.56 Å². The Balaban J connectivity index is 2.73. The molecule has 1 aromatic heterocycles. The first kappa shape index (κ1) is 9.49. The maximum absolute atomic E-state index is 8.77. The lowest BCUT2D eigenvalue weighted by Crippen LogP contribution is -2.19. The first-order chi connectivity index (χ1) is 6.26. The molecular formula is C9H11N3O. The summed E-state index contributed by atoms with van der Waals surface area (Å²) in [5, 5.41) is 20.4. The van der Waals surface area contributed by atoms with Crippen LogP contribution in [-0.2, 0) is 0 Å². The highest BCUT2D eigenvalue weighted by Gasteiger charge is 2.00. The van der Waals surface area contributed by atoms with Gasteiger partial charge in [-0.1, -0.05) is 0 Å². The average molecular weight is 177 g/mol. The number of aromatic nitrogens is 1. The third-order valence-electron chi connectivity index (χ3n) is 1.55. The Hall–Kier alpha value is -1.60. The quantitative estimate of drug-likeness (QED) is 0.714. The normalized spacial score (nSPS) is 11.8. The molecule has 0 aliphatic rings. The number of pyridine rings is 1. The van der Waals surface area contributed by atoms with Crippen LogP contribution in [0.4, 0.5) is 5.69 Å². The molecule has 0 aliphatic carbocycles. The van der Waals surface area contributed by atoms with Crippen molar-refractivity contribution in [3.05, 3.63) is 24.0 Å². The standard InChI is InChI=1S/C9H11N3O/c1-7(6-13)12-9-2-8(3-10)4-11-5-9/h2,4-5,7,12-13H,6H2,1H3. The maximum Gasteiger partial charge on any atom is 0.101 e. The molecular weight excluding hydrogens is 166 g/mol. The lowest BCUT2D eigenvalue weighted by molar-refractivity contribution is 0.281. The Kier molecular flexibility index (Phi) is 3.23. The third kappa shape index (κ3) is 2.73. The predicted molar refractivity (Wildman–Crippen MR) is 49.1 cm³/mol. The van der Waals surface area contributed by atoms with Crippen molar-refractivity contribution in [2.24, 2.45) is 0 Å². The molecule has 0 amide bonds. The van der Waals surface area contributed by atoms with E-state index in [9.17, 15) is 0 Å². The van der Waals surface area contributed by atoms with Crippen molar-refractivity contribution in [3.8, 4) is 6.07 Å². The zero-order valence-corrected chi connectivity index (χ0v) is 7.36. The number of hydrogen-bond donors (Lipinski definition) is 2. The van der Waals surface area contributed by atoms with Crippen LogP contribution in [0.25, 0.3) is 0 Å². The highest BCUT2D eigenvalue weighted by molar-refractivity contribution is 5.46. The number of hydrogen-bond acceptors (Lipinski definition) is 4. The monoisotopic (exact) mass is 177 g/mol. The first-order valence-electron chi connectivity index (χ1n) is 3.99. The largest absolute Gasteiger partial charge is 0.394 e. The number of aliphatic hydroxyl groups is 1. The van der Waals surface area contributed by atoms with E-state index >= 15 is 0 Å². The number of nitrogens with one attached hydrogen (secondary N) is 1. The van der Waals surface area contributed by atoms with E-state index in [1.54, 1.807) is 12.3 Å². The van der Waals surface area contributed by atoms with Crippen molar-refractivity contribution >= 4 is 5.69 Å². The van der Waals surface area contributed by atoms with Crippen molar-refractivity contribution in [1.82, 2.24) is 4.98 Å². The van der Waals surface area contributed by atoms with Gasteiger partial charge in [-0.3, -0.25) is 4.98 Å². The van der Waals surface area contributed by atoms with Crippen LogP contribution in [0.15, 0.2) is 18.5 Å². The van der Waals surface area contributed by atoms with E-state index in [-0.39, 0.29) is 12.6 Å². The van der Waals surface area contributed by atoms with Crippen LogP contribution in [-0.4, -0.2) is 22.7 Å². The molecule has 1 rings (SSSR count). The molecule has 1 heterocycles. The minimum atomic E-state index is -0.0317. The number of nitriles is 1. The van der Waals surface area contributed by atoms with E-state index in [1.807, 2.05) is 13.0 Å². The van der Waals surface area contributed by atoms with Crippen molar-refractivity contribution in [2.75, 3.05) is 11.9 Å². The summed E-state index contributed by atoms with van der Waals surface area (Å²) < 4.78 is 0. The van der Waals surface area contributed by atoms with Gasteiger partial charge < -0.3 is 10.4 Å². The van der Waals surface area contributed by atoms with E-state index < -0.39 is 0 Å². The summed E-state index contributed by atoms with van der Waals surface area (Å²) in [5.74, 6) is 0. The molecule has 1 aromatic rings. The molecule has 0 spiro atoms. The summed E-state index contributed by atoms with van der Waals surface area (Å²) in [6.07, 6.45) is 3.11. The Morgan fingerprint density at radius 1 is 1.69 bits per heavy atom. The highest BCUT2D eigenvalue weighted by atomic mass is 16.3. The molecule has 1 unspecified atom stereocenters. The Morgan fingerprint density at radius 3 is 3.08 bits per heavy atom. The zero-order chi connectivity index (χ0) is 9.68. The van der Waals surface area contributed by atoms with Gasteiger partial charge >= 0.3 is 0 Å². The van der Waals surface area contributed by atoms with Gasteiger partial charge in [0.05, 0.1) is 24.1 Å². The SMILES string of the molecule is CC(CO)Nc1cncc(C#N)c1. The smallest absolute Gasteiger partial charge is 0.101 e. The molecule has 0 radical (unpaired) electrons. The van der Waals surface area contributed by atoms with Crippen molar-refractivity contribution in [2.45, 2.75) is 13.0 Å². The van der Waals surface area contributed by atoms with Crippen LogP contribution < -0.4 is 5.32 Å². The van der Waals surface area contributed by atoms with Crippen LogP contribution in [0.1, 0.15) is 12.5 Å². The van der Waals surface area contributed by atoms with Gasteiger partial charge in [-0.05, 0) is 13.0 Å². The Bertz CT molecular complexity index is 319. The second kappa shape index (κ2) is 4.43. The lowest BCUT2D eigenvalue weighted by atomic mass is 10.2. The van der Waals surface area contributed by atoms with Crippen molar-refractivity contribution in [1.29, 1.82) is 5.26 Å². The number of rotatable bonds is 3. The summed E-state index contributed by atoms with van der Waals surface area (Å²) in [5.41, 5.74) is 1.26. The molecule has 2 N–H and O–H groups in total. The van der Waals surface area contributed by atoms with Crippen LogP contribution in [0.3, 0.4) is 0 Å². The van der Waals surface area contributed by atoms with E-state index in [0.717, 1.165) is 5.69 Å². The zero-order valence-electron chi connectivity index (χ0n) is 7.36. The number of nitrogens with zero attached hydrogens (tertiary/aromatic N) is 2. The second-order valence-electron chi connectivity index (χ2n) is 2.80. The summed E-state index contributed by atoms with van der Waals surface area (Å²) >= 11 is 0. The van der Waals surface area contributed by atoms with Crippen LogP contribution in [0, 0.1) is 11.3 Å². The minimum absolute atomic E-state index is 0.0317. The number of aliphatic hydroxyl groups excluding tert-OH is 1. The van der Waals surface area contributed by atoms with Crippen LogP contribution in [0.5, 0.6) is 0 Å². The molecule has 0 aromatic carbocycles. The summed E-state index contributed by atoms with van der Waals surface area (Å²) in [6, 6.07) is 3.66. The Labute approximate surface area is 76.8 Å². The van der Waals surface area contributed by atoms with Crippen molar-refractivity contribution in [3.63, 3.8) is 0 Å². The molecule has 68 valence electrons. The maximum atomic E-state index is 8.77. The van der Waals surface area contributed by atoms with Gasteiger partial charge in [0.15, 0.2) is 0 Å². The molecule has 13 heavy (non-hydrogen) atoms. The fourth-order valence-electron chi connectivity index (χ4n) is 0.910. The fraction of sp³-hybridized carbons (Fsp3) is 0.333. The molecule has 4 heteroatoms. The molecule has 4 nitrogen and oxygen atoms in total. The number of anilines is 1. The first-order valence-corrected chi connectivity index (χ1v) is 3.99. The van der Waals surface area contributed by atoms with Crippen LogP contribution >= 0.6 is 0 Å². The van der Waals surface area contributed by atoms with E-state index in [4.69, 9.17) is 10.4 Å². The van der Waals surface area contributed by atoms with E-state index in [2.05, 4.69) is 10.3 Å².